The van der Waals surface area contributed by atoms with Crippen molar-refractivity contribution in [2.75, 3.05) is 32.9 Å². The zero-order chi connectivity index (χ0) is 15.4. The number of amides is 3. The van der Waals surface area contributed by atoms with Crippen LogP contribution in [0, 0.1) is 0 Å². The van der Waals surface area contributed by atoms with E-state index in [1.807, 2.05) is 6.07 Å². The van der Waals surface area contributed by atoms with Crippen LogP contribution in [-0.4, -0.2) is 49.0 Å². The molecule has 0 aliphatic heterocycles. The van der Waals surface area contributed by atoms with E-state index in [-0.39, 0.29) is 11.9 Å². The second kappa shape index (κ2) is 6.17. The maximum absolute atomic E-state index is 12.1. The zero-order valence-electron chi connectivity index (χ0n) is 12.1. The molecule has 0 saturated heterocycles. The lowest BCUT2D eigenvalue weighted by molar-refractivity contribution is 0.0955. The SMILES string of the molecule is CN(C)C(=O)NCCNC(=O)c1c[nH]c2ccc(N)cc12. The van der Waals surface area contributed by atoms with Gasteiger partial charge in [-0.1, -0.05) is 0 Å². The lowest BCUT2D eigenvalue weighted by atomic mass is 10.1. The summed E-state index contributed by atoms with van der Waals surface area (Å²) in [7, 11) is 3.31. The minimum absolute atomic E-state index is 0.191. The van der Waals surface area contributed by atoms with E-state index in [0.717, 1.165) is 10.9 Å². The van der Waals surface area contributed by atoms with Crippen LogP contribution >= 0.6 is 0 Å². The standard InChI is InChI=1S/C14H19N5O2/c1-19(2)14(21)17-6-5-16-13(20)11-8-18-12-4-3-9(15)7-10(11)12/h3-4,7-8,18H,5-6,15H2,1-2H3,(H,16,20)(H,17,21). The normalized spacial score (nSPS) is 10.4. The molecular formula is C14H19N5O2. The van der Waals surface area contributed by atoms with Gasteiger partial charge >= 0.3 is 6.03 Å². The summed E-state index contributed by atoms with van der Waals surface area (Å²) in [6, 6.07) is 5.18. The molecule has 1 heterocycles. The van der Waals surface area contributed by atoms with Gasteiger partial charge in [0.05, 0.1) is 5.56 Å². The number of anilines is 1. The van der Waals surface area contributed by atoms with E-state index in [1.165, 1.54) is 4.90 Å². The first-order valence-electron chi connectivity index (χ1n) is 6.59. The molecule has 0 aliphatic rings. The number of nitrogen functional groups attached to an aromatic ring is 1. The molecule has 112 valence electrons. The van der Waals surface area contributed by atoms with Crippen LogP contribution in [0.5, 0.6) is 0 Å². The number of hydrogen-bond donors (Lipinski definition) is 4. The molecule has 2 rings (SSSR count). The maximum atomic E-state index is 12.1. The number of H-pyrrole nitrogens is 1. The molecule has 0 saturated carbocycles. The molecular weight excluding hydrogens is 270 g/mol. The Hall–Kier alpha value is -2.70. The van der Waals surface area contributed by atoms with E-state index in [4.69, 9.17) is 5.73 Å². The highest BCUT2D eigenvalue weighted by molar-refractivity contribution is 6.07. The zero-order valence-corrected chi connectivity index (χ0v) is 12.1. The number of nitrogens with one attached hydrogen (secondary N) is 3. The number of aromatic amines is 1. The molecule has 21 heavy (non-hydrogen) atoms. The Morgan fingerprint density at radius 1 is 1.24 bits per heavy atom. The van der Waals surface area contributed by atoms with Crippen molar-refractivity contribution in [3.8, 4) is 0 Å². The highest BCUT2D eigenvalue weighted by Crippen LogP contribution is 2.20. The highest BCUT2D eigenvalue weighted by atomic mass is 16.2. The smallest absolute Gasteiger partial charge is 0.316 e. The second-order valence-corrected chi connectivity index (χ2v) is 4.89. The minimum atomic E-state index is -0.203. The third-order valence-electron chi connectivity index (χ3n) is 3.04. The van der Waals surface area contributed by atoms with E-state index in [9.17, 15) is 9.59 Å². The van der Waals surface area contributed by atoms with Crippen LogP contribution in [0.4, 0.5) is 10.5 Å². The van der Waals surface area contributed by atoms with E-state index < -0.39 is 0 Å². The number of nitrogens with zero attached hydrogens (tertiary/aromatic N) is 1. The highest BCUT2D eigenvalue weighted by Gasteiger charge is 2.11. The average molecular weight is 289 g/mol. The van der Waals surface area contributed by atoms with Gasteiger partial charge in [-0.05, 0) is 18.2 Å². The quantitative estimate of drug-likeness (QED) is 0.493. The third-order valence-corrected chi connectivity index (χ3v) is 3.04. The summed E-state index contributed by atoms with van der Waals surface area (Å²) in [5.41, 5.74) is 7.74. The predicted octanol–water partition coefficient (Wildman–Crippen LogP) is 0.751. The van der Waals surface area contributed by atoms with Gasteiger partial charge in [-0.25, -0.2) is 4.79 Å². The molecule has 0 spiro atoms. The summed E-state index contributed by atoms with van der Waals surface area (Å²) in [6.07, 6.45) is 1.65. The van der Waals surface area contributed by atoms with Gasteiger partial charge in [0, 0.05) is 50.0 Å². The van der Waals surface area contributed by atoms with Crippen molar-refractivity contribution in [2.24, 2.45) is 0 Å². The van der Waals surface area contributed by atoms with Gasteiger partial charge in [0.2, 0.25) is 0 Å². The average Bonchev–Trinajstić information content (AvgIpc) is 2.85. The summed E-state index contributed by atoms with van der Waals surface area (Å²) in [6.45, 7) is 0.723. The summed E-state index contributed by atoms with van der Waals surface area (Å²) >= 11 is 0. The molecule has 5 N–H and O–H groups in total. The Morgan fingerprint density at radius 3 is 2.67 bits per heavy atom. The molecule has 0 bridgehead atoms. The Balaban J connectivity index is 1.94. The van der Waals surface area contributed by atoms with E-state index in [1.54, 1.807) is 32.4 Å². The summed E-state index contributed by atoms with van der Waals surface area (Å²) < 4.78 is 0. The van der Waals surface area contributed by atoms with Gasteiger partial charge in [-0.3, -0.25) is 4.79 Å². The molecule has 7 nitrogen and oxygen atoms in total. The van der Waals surface area contributed by atoms with Gasteiger partial charge in [0.1, 0.15) is 0 Å². The van der Waals surface area contributed by atoms with Crippen LogP contribution in [0.1, 0.15) is 10.4 Å². The molecule has 0 unspecified atom stereocenters. The first kappa shape index (κ1) is 14.7. The van der Waals surface area contributed by atoms with Gasteiger partial charge < -0.3 is 26.3 Å². The van der Waals surface area contributed by atoms with Crippen molar-refractivity contribution in [1.82, 2.24) is 20.5 Å². The molecule has 0 radical (unpaired) electrons. The lowest BCUT2D eigenvalue weighted by Crippen LogP contribution is -2.39. The van der Waals surface area contributed by atoms with Crippen molar-refractivity contribution in [1.29, 1.82) is 0 Å². The Morgan fingerprint density at radius 2 is 1.95 bits per heavy atom. The number of fused-ring (bicyclic) bond motifs is 1. The number of carbonyl (C=O) groups excluding carboxylic acids is 2. The van der Waals surface area contributed by atoms with Crippen molar-refractivity contribution in [2.45, 2.75) is 0 Å². The van der Waals surface area contributed by atoms with Crippen molar-refractivity contribution < 1.29 is 9.59 Å². The molecule has 1 aromatic carbocycles. The fourth-order valence-corrected chi connectivity index (χ4v) is 1.92. The number of carbonyl (C=O) groups is 2. The Bertz CT molecular complexity index is 662. The number of rotatable bonds is 4. The van der Waals surface area contributed by atoms with Crippen LogP contribution in [0.25, 0.3) is 10.9 Å². The number of benzene rings is 1. The van der Waals surface area contributed by atoms with Crippen LogP contribution in [0.15, 0.2) is 24.4 Å². The molecule has 1 aromatic heterocycles. The molecule has 0 atom stereocenters. The van der Waals surface area contributed by atoms with Gasteiger partial charge in [-0.2, -0.15) is 0 Å². The summed E-state index contributed by atoms with van der Waals surface area (Å²) in [5, 5.41) is 6.21. The van der Waals surface area contributed by atoms with Crippen LogP contribution in [-0.2, 0) is 0 Å². The fourth-order valence-electron chi connectivity index (χ4n) is 1.92. The Labute approximate surface area is 122 Å². The molecule has 0 aliphatic carbocycles. The van der Waals surface area contributed by atoms with Gasteiger partial charge in [0.25, 0.3) is 5.91 Å². The maximum Gasteiger partial charge on any atom is 0.316 e. The van der Waals surface area contributed by atoms with Crippen molar-refractivity contribution >= 4 is 28.5 Å². The second-order valence-electron chi connectivity index (χ2n) is 4.89. The minimum Gasteiger partial charge on any atom is -0.399 e. The topological polar surface area (TPSA) is 103 Å². The van der Waals surface area contributed by atoms with Crippen LogP contribution < -0.4 is 16.4 Å². The van der Waals surface area contributed by atoms with Gasteiger partial charge in [-0.15, -0.1) is 0 Å². The largest absolute Gasteiger partial charge is 0.399 e. The number of nitrogens with two attached hydrogens (primary N) is 1. The Kier molecular flexibility index (Phi) is 4.32. The predicted molar refractivity (Wildman–Crippen MR) is 82.1 cm³/mol. The van der Waals surface area contributed by atoms with E-state index in [2.05, 4.69) is 15.6 Å². The fraction of sp³-hybridized carbons (Fsp3) is 0.286. The van der Waals surface area contributed by atoms with Crippen molar-refractivity contribution in [3.63, 3.8) is 0 Å². The number of urea groups is 1. The van der Waals surface area contributed by atoms with E-state index in [0.29, 0.717) is 24.3 Å². The van der Waals surface area contributed by atoms with Gasteiger partial charge in [0.15, 0.2) is 0 Å². The van der Waals surface area contributed by atoms with Crippen molar-refractivity contribution in [3.05, 3.63) is 30.0 Å². The summed E-state index contributed by atoms with van der Waals surface area (Å²) in [4.78, 5) is 27.9. The molecule has 7 heteroatoms. The monoisotopic (exact) mass is 289 g/mol. The first-order valence-corrected chi connectivity index (χ1v) is 6.59. The first-order chi connectivity index (χ1) is 9.99. The molecule has 3 amide bonds. The van der Waals surface area contributed by atoms with Crippen LogP contribution in [0.3, 0.4) is 0 Å². The number of aromatic nitrogens is 1. The molecule has 0 fully saturated rings. The molecule has 2 aromatic rings. The van der Waals surface area contributed by atoms with E-state index >= 15 is 0 Å². The third kappa shape index (κ3) is 3.44. The van der Waals surface area contributed by atoms with Crippen LogP contribution in [0.2, 0.25) is 0 Å². The summed E-state index contributed by atoms with van der Waals surface area (Å²) in [5.74, 6) is -0.203. The number of hydrogen-bond acceptors (Lipinski definition) is 3. The lowest BCUT2D eigenvalue weighted by Gasteiger charge is -2.12.